The molecule has 1 aliphatic carbocycles. The third-order valence-electron chi connectivity index (χ3n) is 5.59. The molecule has 0 radical (unpaired) electrons. The number of carbonyl (C=O) groups excluding carboxylic acids is 1. The van der Waals surface area contributed by atoms with Crippen LogP contribution in [-0.2, 0) is 14.6 Å². The highest BCUT2D eigenvalue weighted by Gasteiger charge is 2.48. The molecule has 1 saturated heterocycles. The summed E-state index contributed by atoms with van der Waals surface area (Å²) in [5, 5.41) is 15.6. The number of phenolic OH excluding ortho intramolecular Hbond substituents is 1. The van der Waals surface area contributed by atoms with E-state index < -0.39 is 37.9 Å². The number of anilines is 1. The van der Waals surface area contributed by atoms with Crippen LogP contribution >= 0.6 is 11.6 Å². The van der Waals surface area contributed by atoms with Crippen LogP contribution in [0.3, 0.4) is 0 Å². The van der Waals surface area contributed by atoms with Crippen molar-refractivity contribution in [1.29, 1.82) is 0 Å². The van der Waals surface area contributed by atoms with E-state index in [9.17, 15) is 22.7 Å². The normalized spacial score (nSPS) is 21.5. The van der Waals surface area contributed by atoms with E-state index in [1.165, 1.54) is 12.1 Å². The lowest BCUT2D eigenvalue weighted by Gasteiger charge is -2.34. The first kappa shape index (κ1) is 21.9. The molecule has 0 saturated carbocycles. The van der Waals surface area contributed by atoms with Crippen molar-refractivity contribution in [2.75, 3.05) is 25.2 Å². The van der Waals surface area contributed by atoms with Crippen molar-refractivity contribution in [3.8, 4) is 5.75 Å². The van der Waals surface area contributed by atoms with Crippen molar-refractivity contribution < 1.29 is 27.4 Å². The van der Waals surface area contributed by atoms with Crippen LogP contribution in [0.4, 0.5) is 14.9 Å². The maximum atomic E-state index is 13.9. The van der Waals surface area contributed by atoms with Crippen LogP contribution < -0.4 is 10.6 Å². The Morgan fingerprint density at radius 3 is 2.66 bits per heavy atom. The first-order valence-corrected chi connectivity index (χ1v) is 11.2. The monoisotopic (exact) mass is 446 g/mol. The summed E-state index contributed by atoms with van der Waals surface area (Å²) < 4.78 is 43.9. The second kappa shape index (κ2) is 8.49. The highest BCUT2D eigenvalue weighted by molar-refractivity contribution is 7.93. The van der Waals surface area contributed by atoms with E-state index >= 15 is 0 Å². The van der Waals surface area contributed by atoms with Gasteiger partial charge >= 0.3 is 6.03 Å². The lowest BCUT2D eigenvalue weighted by Crippen LogP contribution is -2.46. The van der Waals surface area contributed by atoms with Gasteiger partial charge in [0.15, 0.2) is 15.6 Å². The van der Waals surface area contributed by atoms with E-state index in [2.05, 4.69) is 10.6 Å². The predicted octanol–water partition coefficient (Wildman–Crippen LogP) is 3.57. The van der Waals surface area contributed by atoms with E-state index in [4.69, 9.17) is 16.3 Å². The molecule has 3 N–H and O–H groups in total. The molecule has 0 spiro atoms. The number of hydrogen-bond acceptors (Lipinski definition) is 5. The van der Waals surface area contributed by atoms with Crippen LogP contribution in [-0.4, -0.2) is 50.2 Å². The Bertz CT molecular complexity index is 929. The SMILES string of the molecule is CC1=CCCC1NC(=O)Nc1ccc(Cl)c(S(=O)(=O)C2(CF)CCOCC2)c1O. The zero-order valence-corrected chi connectivity index (χ0v) is 17.6. The lowest BCUT2D eigenvalue weighted by molar-refractivity contribution is 0.0674. The van der Waals surface area contributed by atoms with Crippen LogP contribution in [0, 0.1) is 0 Å². The summed E-state index contributed by atoms with van der Waals surface area (Å²) in [6.07, 6.45) is 3.56. The van der Waals surface area contributed by atoms with Gasteiger partial charge in [-0.15, -0.1) is 0 Å². The van der Waals surface area contributed by atoms with E-state index in [0.29, 0.717) is 0 Å². The molecule has 1 atom stereocenters. The zero-order chi connectivity index (χ0) is 21.2. The first-order chi connectivity index (χ1) is 13.7. The highest BCUT2D eigenvalue weighted by atomic mass is 35.5. The minimum Gasteiger partial charge on any atom is -0.504 e. The molecular formula is C19H24ClFN2O5S. The van der Waals surface area contributed by atoms with Gasteiger partial charge in [0.05, 0.1) is 16.8 Å². The van der Waals surface area contributed by atoms with Crippen LogP contribution in [0.25, 0.3) is 0 Å². The van der Waals surface area contributed by atoms with Gasteiger partial charge in [0.1, 0.15) is 16.3 Å². The standard InChI is InChI=1S/C19H24ClFN2O5S/c1-12-3-2-4-14(12)22-18(25)23-15-6-5-13(20)17(16(15)24)29(26,27)19(11-21)7-9-28-10-8-19/h3,5-6,14,24H,2,4,7-11H2,1H3,(H2,22,23,25). The predicted molar refractivity (Wildman–Crippen MR) is 108 cm³/mol. The number of aromatic hydroxyl groups is 1. The zero-order valence-electron chi connectivity index (χ0n) is 16.0. The minimum atomic E-state index is -4.34. The third-order valence-corrected chi connectivity index (χ3v) is 8.63. The Labute approximate surface area is 174 Å². The molecule has 1 aromatic carbocycles. The first-order valence-electron chi connectivity index (χ1n) is 9.36. The molecule has 10 heteroatoms. The number of allylic oxidation sites excluding steroid dienone is 1. The molecule has 1 unspecified atom stereocenters. The average Bonchev–Trinajstić information content (AvgIpc) is 3.09. The molecule has 1 aliphatic heterocycles. The largest absolute Gasteiger partial charge is 0.504 e. The van der Waals surface area contributed by atoms with E-state index in [0.717, 1.165) is 18.4 Å². The van der Waals surface area contributed by atoms with Gasteiger partial charge < -0.3 is 20.5 Å². The smallest absolute Gasteiger partial charge is 0.319 e. The van der Waals surface area contributed by atoms with Gasteiger partial charge in [0, 0.05) is 13.2 Å². The summed E-state index contributed by atoms with van der Waals surface area (Å²) in [6, 6.07) is 1.86. The van der Waals surface area contributed by atoms with Crippen LogP contribution in [0.1, 0.15) is 32.6 Å². The van der Waals surface area contributed by atoms with E-state index in [-0.39, 0.29) is 42.8 Å². The molecule has 1 heterocycles. The van der Waals surface area contributed by atoms with Gasteiger partial charge in [-0.05, 0) is 44.7 Å². The lowest BCUT2D eigenvalue weighted by atomic mass is 10.0. The number of urea groups is 1. The molecule has 1 fully saturated rings. The minimum absolute atomic E-state index is 0.0486. The number of alkyl halides is 1. The summed E-state index contributed by atoms with van der Waals surface area (Å²) >= 11 is 6.09. The molecule has 7 nitrogen and oxygen atoms in total. The Hall–Kier alpha value is -1.84. The van der Waals surface area contributed by atoms with Gasteiger partial charge in [-0.2, -0.15) is 0 Å². The number of benzene rings is 1. The van der Waals surface area contributed by atoms with E-state index in [1.54, 1.807) is 0 Å². The number of amides is 2. The summed E-state index contributed by atoms with van der Waals surface area (Å²) in [6.45, 7) is 0.971. The molecule has 2 aliphatic rings. The van der Waals surface area contributed by atoms with Crippen molar-refractivity contribution in [3.05, 3.63) is 28.8 Å². The molecule has 2 amide bonds. The summed E-state index contributed by atoms with van der Waals surface area (Å²) in [5.74, 6) is -0.703. The molecule has 0 aromatic heterocycles. The van der Waals surface area contributed by atoms with Crippen molar-refractivity contribution in [2.24, 2.45) is 0 Å². The molecule has 29 heavy (non-hydrogen) atoms. The Morgan fingerprint density at radius 1 is 1.38 bits per heavy atom. The Kier molecular flexibility index (Phi) is 6.40. The van der Waals surface area contributed by atoms with Crippen molar-refractivity contribution in [2.45, 2.75) is 48.3 Å². The summed E-state index contributed by atoms with van der Waals surface area (Å²) in [5.41, 5.74) is 0.916. The number of sulfone groups is 1. The highest BCUT2D eigenvalue weighted by Crippen LogP contribution is 2.44. The molecule has 160 valence electrons. The van der Waals surface area contributed by atoms with Gasteiger partial charge in [-0.3, -0.25) is 0 Å². The summed E-state index contributed by atoms with van der Waals surface area (Å²) in [7, 11) is -4.34. The topological polar surface area (TPSA) is 105 Å². The van der Waals surface area contributed by atoms with Gasteiger partial charge in [-0.1, -0.05) is 23.3 Å². The van der Waals surface area contributed by atoms with Gasteiger partial charge in [0.25, 0.3) is 0 Å². The number of phenols is 1. The Balaban J connectivity index is 1.90. The maximum Gasteiger partial charge on any atom is 0.319 e. The number of nitrogens with one attached hydrogen (secondary N) is 2. The second-order valence-corrected chi connectivity index (χ2v) is 10.1. The van der Waals surface area contributed by atoms with E-state index in [1.807, 2.05) is 13.0 Å². The molecule has 1 aromatic rings. The number of halogens is 2. The second-order valence-electron chi connectivity index (χ2n) is 7.38. The number of carbonyl (C=O) groups is 1. The Morgan fingerprint density at radius 2 is 2.07 bits per heavy atom. The quantitative estimate of drug-likeness (QED) is 0.473. The van der Waals surface area contributed by atoms with Gasteiger partial charge in [-0.25, -0.2) is 17.6 Å². The fourth-order valence-electron chi connectivity index (χ4n) is 3.69. The maximum absolute atomic E-state index is 13.9. The number of hydrogen-bond donors (Lipinski definition) is 3. The number of ether oxygens (including phenoxy) is 1. The fourth-order valence-corrected chi connectivity index (χ4v) is 6.11. The van der Waals surface area contributed by atoms with Crippen molar-refractivity contribution in [3.63, 3.8) is 0 Å². The molecule has 3 rings (SSSR count). The van der Waals surface area contributed by atoms with Gasteiger partial charge in [0.2, 0.25) is 0 Å². The third kappa shape index (κ3) is 4.08. The fraction of sp³-hybridized carbons (Fsp3) is 0.526. The van der Waals surface area contributed by atoms with Crippen LogP contribution in [0.15, 0.2) is 28.7 Å². The van der Waals surface area contributed by atoms with Crippen molar-refractivity contribution in [1.82, 2.24) is 5.32 Å². The molecule has 0 bridgehead atoms. The summed E-state index contributed by atoms with van der Waals surface area (Å²) in [4.78, 5) is 11.7. The molecular weight excluding hydrogens is 423 g/mol. The van der Waals surface area contributed by atoms with Crippen molar-refractivity contribution >= 4 is 33.2 Å². The van der Waals surface area contributed by atoms with Crippen LogP contribution in [0.5, 0.6) is 5.75 Å². The number of rotatable bonds is 5. The average molecular weight is 447 g/mol. The van der Waals surface area contributed by atoms with Crippen LogP contribution in [0.2, 0.25) is 5.02 Å².